The quantitative estimate of drug-likeness (QED) is 0.846. The van der Waals surface area contributed by atoms with Crippen molar-refractivity contribution in [2.24, 2.45) is 0 Å². The average molecular weight is 323 g/mol. The lowest BCUT2D eigenvalue weighted by molar-refractivity contribution is -0.208. The van der Waals surface area contributed by atoms with Crippen LogP contribution in [0.25, 0.3) is 0 Å². The van der Waals surface area contributed by atoms with Crippen molar-refractivity contribution in [1.82, 2.24) is 5.32 Å². The highest BCUT2D eigenvalue weighted by Crippen LogP contribution is 2.41. The van der Waals surface area contributed by atoms with Gasteiger partial charge >= 0.3 is 6.18 Å². The molecule has 0 aromatic heterocycles. The summed E-state index contributed by atoms with van der Waals surface area (Å²) in [6.45, 7) is 2.40. The molecule has 2 atom stereocenters. The van der Waals surface area contributed by atoms with E-state index in [1.807, 2.05) is 0 Å². The van der Waals surface area contributed by atoms with Crippen molar-refractivity contribution in [3.05, 3.63) is 0 Å². The molecule has 7 heteroatoms. The van der Waals surface area contributed by atoms with Crippen molar-refractivity contribution in [3.63, 3.8) is 0 Å². The number of rotatable bonds is 5. The molecule has 0 aromatic rings. The summed E-state index contributed by atoms with van der Waals surface area (Å²) in [5.74, 6) is -0.697. The van der Waals surface area contributed by atoms with Crippen LogP contribution in [0, 0.1) is 0 Å². The lowest BCUT2D eigenvalue weighted by Crippen LogP contribution is -2.61. The summed E-state index contributed by atoms with van der Waals surface area (Å²) in [5, 5.41) is 2.22. The van der Waals surface area contributed by atoms with E-state index >= 15 is 0 Å². The highest BCUT2D eigenvalue weighted by molar-refractivity contribution is 5.81. The average Bonchev–Trinajstić information content (AvgIpc) is 2.97. The van der Waals surface area contributed by atoms with Gasteiger partial charge in [0.1, 0.15) is 11.6 Å². The zero-order valence-electron chi connectivity index (χ0n) is 12.9. The van der Waals surface area contributed by atoms with Gasteiger partial charge < -0.3 is 14.8 Å². The van der Waals surface area contributed by atoms with E-state index in [4.69, 9.17) is 9.47 Å². The Kier molecular flexibility index (Phi) is 5.71. The third-order valence-corrected chi connectivity index (χ3v) is 4.54. The first-order chi connectivity index (χ1) is 10.3. The summed E-state index contributed by atoms with van der Waals surface area (Å²) in [6, 6.07) is 0. The van der Waals surface area contributed by atoms with Crippen molar-refractivity contribution < 1.29 is 27.4 Å². The van der Waals surface area contributed by atoms with E-state index in [9.17, 15) is 18.0 Å². The first kappa shape index (κ1) is 17.5. The van der Waals surface area contributed by atoms with Crippen molar-refractivity contribution in [3.8, 4) is 0 Å². The molecule has 0 radical (unpaired) electrons. The molecule has 2 rings (SSSR count). The van der Waals surface area contributed by atoms with Crippen molar-refractivity contribution in [1.29, 1.82) is 0 Å². The topological polar surface area (TPSA) is 47.6 Å². The van der Waals surface area contributed by atoms with Crippen LogP contribution in [-0.2, 0) is 14.3 Å². The lowest BCUT2D eigenvalue weighted by atomic mass is 9.81. The van der Waals surface area contributed by atoms with E-state index in [2.05, 4.69) is 5.32 Å². The van der Waals surface area contributed by atoms with Gasteiger partial charge in [-0.2, -0.15) is 13.2 Å². The minimum atomic E-state index is -4.43. The molecule has 1 amide bonds. The van der Waals surface area contributed by atoms with Gasteiger partial charge in [-0.05, 0) is 32.6 Å². The maximum absolute atomic E-state index is 13.4. The molecule has 1 heterocycles. The number of nitrogens with one attached hydrogen (secondary N) is 1. The fourth-order valence-electron chi connectivity index (χ4n) is 3.08. The molecule has 2 aliphatic rings. The molecule has 2 fully saturated rings. The molecule has 1 N–H and O–H groups in total. The molecule has 0 unspecified atom stereocenters. The number of carbonyl (C=O) groups is 1. The van der Waals surface area contributed by atoms with E-state index < -0.39 is 23.7 Å². The summed E-state index contributed by atoms with van der Waals surface area (Å²) >= 11 is 0. The van der Waals surface area contributed by atoms with Gasteiger partial charge in [-0.25, -0.2) is 0 Å². The Morgan fingerprint density at radius 3 is 2.55 bits per heavy atom. The third-order valence-electron chi connectivity index (χ3n) is 4.54. The van der Waals surface area contributed by atoms with Crippen LogP contribution in [0.2, 0.25) is 0 Å². The summed E-state index contributed by atoms with van der Waals surface area (Å²) in [4.78, 5) is 12.1. The van der Waals surface area contributed by atoms with Crippen LogP contribution >= 0.6 is 0 Å². The van der Waals surface area contributed by atoms with Crippen LogP contribution in [0.5, 0.6) is 0 Å². The number of alkyl halides is 3. The molecule has 0 bridgehead atoms. The minimum Gasteiger partial charge on any atom is -0.376 e. The minimum absolute atomic E-state index is 0.0542. The zero-order valence-corrected chi connectivity index (χ0v) is 12.9. The zero-order chi connectivity index (χ0) is 16.2. The highest BCUT2D eigenvalue weighted by Gasteiger charge is 2.55. The summed E-state index contributed by atoms with van der Waals surface area (Å²) in [6.07, 6.45) is -1.97. The van der Waals surface area contributed by atoms with Crippen molar-refractivity contribution >= 4 is 5.91 Å². The van der Waals surface area contributed by atoms with Crippen LogP contribution in [-0.4, -0.2) is 43.0 Å². The Hall–Kier alpha value is -0.820. The van der Waals surface area contributed by atoms with E-state index in [0.29, 0.717) is 19.4 Å². The number of carbonyl (C=O) groups excluding carboxylic acids is 1. The molecule has 4 nitrogen and oxygen atoms in total. The molecule has 1 saturated carbocycles. The lowest BCUT2D eigenvalue weighted by Gasteiger charge is -2.40. The molecule has 1 saturated heterocycles. The van der Waals surface area contributed by atoms with Crippen LogP contribution < -0.4 is 5.32 Å². The predicted molar refractivity (Wildman–Crippen MR) is 74.4 cm³/mol. The van der Waals surface area contributed by atoms with Gasteiger partial charge in [0.25, 0.3) is 0 Å². The van der Waals surface area contributed by atoms with E-state index in [1.54, 1.807) is 0 Å². The second kappa shape index (κ2) is 7.17. The Balaban J connectivity index is 1.89. The van der Waals surface area contributed by atoms with Gasteiger partial charge in [-0.3, -0.25) is 4.79 Å². The molecule has 0 spiro atoms. The fraction of sp³-hybridized carbons (Fsp3) is 0.933. The smallest absolute Gasteiger partial charge is 0.376 e. The number of ether oxygens (including phenoxy) is 2. The molecule has 0 aromatic carbocycles. The Morgan fingerprint density at radius 1 is 1.32 bits per heavy atom. The van der Waals surface area contributed by atoms with Crippen LogP contribution in [0.15, 0.2) is 0 Å². The van der Waals surface area contributed by atoms with Crippen LogP contribution in [0.1, 0.15) is 51.9 Å². The third kappa shape index (κ3) is 4.13. The normalized spacial score (nSPS) is 26.6. The molecule has 1 aliphatic carbocycles. The Morgan fingerprint density at radius 2 is 2.00 bits per heavy atom. The van der Waals surface area contributed by atoms with Crippen LogP contribution in [0.4, 0.5) is 13.2 Å². The molecule has 22 heavy (non-hydrogen) atoms. The standard InChI is InChI=1S/C15H24F3NO3/c1-11(22-10-12-6-5-9-21-12)13(20)19-14(15(16,17)18)7-3-2-4-8-14/h11-12H,2-10H2,1H3,(H,19,20)/t11-,12-/m1/s1. The van der Waals surface area contributed by atoms with E-state index in [0.717, 1.165) is 19.3 Å². The van der Waals surface area contributed by atoms with Crippen molar-refractivity contribution in [2.75, 3.05) is 13.2 Å². The van der Waals surface area contributed by atoms with Gasteiger partial charge in [0.05, 0.1) is 12.7 Å². The maximum Gasteiger partial charge on any atom is 0.411 e. The number of halogens is 3. The highest BCUT2D eigenvalue weighted by atomic mass is 19.4. The Bertz CT molecular complexity index is 375. The Labute approximate surface area is 128 Å². The number of hydrogen-bond acceptors (Lipinski definition) is 3. The summed E-state index contributed by atoms with van der Waals surface area (Å²) in [7, 11) is 0. The summed E-state index contributed by atoms with van der Waals surface area (Å²) < 4.78 is 50.9. The van der Waals surface area contributed by atoms with Gasteiger partial charge in [-0.1, -0.05) is 19.3 Å². The largest absolute Gasteiger partial charge is 0.411 e. The number of amides is 1. The number of hydrogen-bond donors (Lipinski definition) is 1. The molecule has 128 valence electrons. The monoisotopic (exact) mass is 323 g/mol. The first-order valence-corrected chi connectivity index (χ1v) is 7.96. The predicted octanol–water partition coefficient (Wildman–Crippen LogP) is 2.95. The second-order valence-corrected chi connectivity index (χ2v) is 6.24. The SMILES string of the molecule is C[C@@H](OC[C@H]1CCCO1)C(=O)NC1(C(F)(F)F)CCCCC1. The molecule has 1 aliphatic heterocycles. The van der Waals surface area contributed by atoms with Gasteiger partial charge in [0.15, 0.2) is 0 Å². The van der Waals surface area contributed by atoms with Gasteiger partial charge in [0.2, 0.25) is 5.91 Å². The first-order valence-electron chi connectivity index (χ1n) is 7.96. The maximum atomic E-state index is 13.4. The summed E-state index contributed by atoms with van der Waals surface area (Å²) in [5.41, 5.74) is -2.09. The van der Waals surface area contributed by atoms with E-state index in [-0.39, 0.29) is 25.6 Å². The fourth-order valence-corrected chi connectivity index (χ4v) is 3.08. The van der Waals surface area contributed by atoms with E-state index in [1.165, 1.54) is 6.92 Å². The molecular weight excluding hydrogens is 299 g/mol. The van der Waals surface area contributed by atoms with Crippen molar-refractivity contribution in [2.45, 2.75) is 75.8 Å². The molecular formula is C15H24F3NO3. The van der Waals surface area contributed by atoms with Gasteiger partial charge in [-0.15, -0.1) is 0 Å². The van der Waals surface area contributed by atoms with Crippen LogP contribution in [0.3, 0.4) is 0 Å². The van der Waals surface area contributed by atoms with Gasteiger partial charge in [0, 0.05) is 6.61 Å². The second-order valence-electron chi connectivity index (χ2n) is 6.24.